The van der Waals surface area contributed by atoms with E-state index >= 15 is 0 Å². The Balaban J connectivity index is 1.25. The van der Waals surface area contributed by atoms with Gasteiger partial charge in [0.25, 0.3) is 0 Å². The molecule has 26 heavy (non-hydrogen) atoms. The first kappa shape index (κ1) is 17.2. The third-order valence-electron chi connectivity index (χ3n) is 4.42. The number of piperazine rings is 1. The van der Waals surface area contributed by atoms with E-state index in [-0.39, 0.29) is 0 Å². The number of nitrogens with zero attached hydrogens (tertiary/aromatic N) is 6. The van der Waals surface area contributed by atoms with Crippen molar-refractivity contribution >= 4 is 28.7 Å². The SMILES string of the molecule is OC(CSc1ncnc2nc[nH]c12)CN1CCN(c2ccccn2)CC1. The summed E-state index contributed by atoms with van der Waals surface area (Å²) >= 11 is 1.53. The Labute approximate surface area is 155 Å². The van der Waals surface area contributed by atoms with Gasteiger partial charge in [-0.15, -0.1) is 11.8 Å². The van der Waals surface area contributed by atoms with E-state index in [1.54, 1.807) is 6.33 Å². The molecular formula is C17H21N7OS. The number of β-amino-alcohol motifs (C(OH)–C–C–N with tert-alkyl or cyclic N) is 1. The number of anilines is 1. The maximum Gasteiger partial charge on any atom is 0.181 e. The van der Waals surface area contributed by atoms with Gasteiger partial charge in [-0.05, 0) is 12.1 Å². The fraction of sp³-hybridized carbons (Fsp3) is 0.412. The molecule has 0 radical (unpaired) electrons. The lowest BCUT2D eigenvalue weighted by Crippen LogP contribution is -2.49. The number of pyridine rings is 1. The predicted molar refractivity (Wildman–Crippen MR) is 101 cm³/mol. The van der Waals surface area contributed by atoms with Crippen molar-refractivity contribution in [2.75, 3.05) is 43.4 Å². The standard InChI is InChI=1S/C17H21N7OS/c25-13(10-26-17-15-16(20-11-19-15)21-12-22-17)9-23-5-7-24(8-6-23)14-3-1-2-4-18-14/h1-4,11-13,25H,5-10H2,(H,19,20,21,22). The molecule has 0 aliphatic carbocycles. The first-order chi connectivity index (χ1) is 12.8. The number of imidazole rings is 1. The fourth-order valence-corrected chi connectivity index (χ4v) is 3.95. The molecule has 1 atom stereocenters. The first-order valence-electron chi connectivity index (χ1n) is 8.63. The summed E-state index contributed by atoms with van der Waals surface area (Å²) in [5, 5.41) is 11.2. The van der Waals surface area contributed by atoms with Crippen LogP contribution in [0, 0.1) is 0 Å². The van der Waals surface area contributed by atoms with Crippen molar-refractivity contribution in [3.63, 3.8) is 0 Å². The molecule has 9 heteroatoms. The Bertz CT molecular complexity index is 835. The van der Waals surface area contributed by atoms with E-state index in [1.165, 1.54) is 18.1 Å². The number of hydrogen-bond acceptors (Lipinski definition) is 8. The smallest absolute Gasteiger partial charge is 0.181 e. The normalized spacial score (nSPS) is 16.9. The lowest BCUT2D eigenvalue weighted by atomic mass is 10.2. The Kier molecular flexibility index (Phi) is 5.28. The van der Waals surface area contributed by atoms with Crippen LogP contribution >= 0.6 is 11.8 Å². The molecule has 1 aliphatic heterocycles. The lowest BCUT2D eigenvalue weighted by molar-refractivity contribution is 0.126. The average molecular weight is 371 g/mol. The van der Waals surface area contributed by atoms with Crippen molar-refractivity contribution in [3.05, 3.63) is 37.1 Å². The second kappa shape index (κ2) is 7.98. The molecule has 1 saturated heterocycles. The van der Waals surface area contributed by atoms with Crippen molar-refractivity contribution in [1.82, 2.24) is 29.8 Å². The van der Waals surface area contributed by atoms with Crippen molar-refractivity contribution < 1.29 is 5.11 Å². The molecule has 1 unspecified atom stereocenters. The summed E-state index contributed by atoms with van der Waals surface area (Å²) in [7, 11) is 0. The molecule has 1 fully saturated rings. The van der Waals surface area contributed by atoms with E-state index in [0.29, 0.717) is 17.9 Å². The van der Waals surface area contributed by atoms with Gasteiger partial charge in [-0.25, -0.2) is 19.9 Å². The zero-order chi connectivity index (χ0) is 17.8. The molecule has 0 spiro atoms. The third kappa shape index (κ3) is 3.95. The van der Waals surface area contributed by atoms with Gasteiger partial charge in [-0.1, -0.05) is 6.07 Å². The zero-order valence-electron chi connectivity index (χ0n) is 14.3. The van der Waals surface area contributed by atoms with E-state index in [9.17, 15) is 5.11 Å². The number of aromatic nitrogens is 5. The molecule has 136 valence electrons. The number of rotatable bonds is 6. The van der Waals surface area contributed by atoms with Gasteiger partial charge in [0.05, 0.1) is 12.4 Å². The average Bonchev–Trinajstić information content (AvgIpc) is 3.17. The highest BCUT2D eigenvalue weighted by atomic mass is 32.2. The first-order valence-corrected chi connectivity index (χ1v) is 9.61. The van der Waals surface area contributed by atoms with Gasteiger partial charge in [0.1, 0.15) is 22.7 Å². The fourth-order valence-electron chi connectivity index (χ4n) is 3.08. The Hall–Kier alpha value is -2.23. The largest absolute Gasteiger partial charge is 0.391 e. The number of aromatic amines is 1. The molecular weight excluding hydrogens is 350 g/mol. The minimum absolute atomic E-state index is 0.408. The van der Waals surface area contributed by atoms with Gasteiger partial charge in [0, 0.05) is 44.7 Å². The van der Waals surface area contributed by atoms with Crippen LogP contribution < -0.4 is 4.90 Å². The van der Waals surface area contributed by atoms with Gasteiger partial charge in [0.15, 0.2) is 5.65 Å². The van der Waals surface area contributed by atoms with Gasteiger partial charge < -0.3 is 15.0 Å². The molecule has 2 N–H and O–H groups in total. The number of hydrogen-bond donors (Lipinski definition) is 2. The van der Waals surface area contributed by atoms with Crippen LogP contribution in [-0.4, -0.2) is 79.5 Å². The number of aliphatic hydroxyl groups excluding tert-OH is 1. The van der Waals surface area contributed by atoms with Crippen LogP contribution in [0.25, 0.3) is 11.2 Å². The highest BCUT2D eigenvalue weighted by Crippen LogP contribution is 2.22. The van der Waals surface area contributed by atoms with Crippen LogP contribution in [-0.2, 0) is 0 Å². The lowest BCUT2D eigenvalue weighted by Gasteiger charge is -2.36. The Morgan fingerprint density at radius 2 is 2.00 bits per heavy atom. The van der Waals surface area contributed by atoms with Crippen LogP contribution in [0.4, 0.5) is 5.82 Å². The van der Waals surface area contributed by atoms with Crippen LogP contribution in [0.1, 0.15) is 0 Å². The van der Waals surface area contributed by atoms with Gasteiger partial charge in [0.2, 0.25) is 0 Å². The molecule has 0 aromatic carbocycles. The maximum atomic E-state index is 10.4. The van der Waals surface area contributed by atoms with E-state index in [4.69, 9.17) is 0 Å². The molecule has 3 aromatic heterocycles. The Morgan fingerprint density at radius 1 is 1.12 bits per heavy atom. The summed E-state index contributed by atoms with van der Waals surface area (Å²) < 4.78 is 0. The molecule has 4 rings (SSSR count). The number of thioether (sulfide) groups is 1. The summed E-state index contributed by atoms with van der Waals surface area (Å²) in [5.74, 6) is 1.61. The summed E-state index contributed by atoms with van der Waals surface area (Å²) in [6.07, 6.45) is 4.54. The van der Waals surface area contributed by atoms with E-state index in [0.717, 1.165) is 42.5 Å². The monoisotopic (exact) mass is 371 g/mol. The second-order valence-corrected chi connectivity index (χ2v) is 7.23. The van der Waals surface area contributed by atoms with Gasteiger partial charge >= 0.3 is 0 Å². The van der Waals surface area contributed by atoms with Gasteiger partial charge in [-0.2, -0.15) is 0 Å². The number of fused-ring (bicyclic) bond motifs is 1. The Morgan fingerprint density at radius 3 is 2.81 bits per heavy atom. The summed E-state index contributed by atoms with van der Waals surface area (Å²) in [4.78, 5) is 24.6. The van der Waals surface area contributed by atoms with Crippen LogP contribution in [0.2, 0.25) is 0 Å². The highest BCUT2D eigenvalue weighted by molar-refractivity contribution is 7.99. The van der Waals surface area contributed by atoms with Crippen molar-refractivity contribution in [2.45, 2.75) is 11.1 Å². The van der Waals surface area contributed by atoms with E-state index in [2.05, 4.69) is 34.7 Å². The molecule has 1 aliphatic rings. The molecule has 0 amide bonds. The predicted octanol–water partition coefficient (Wildman–Crippen LogP) is 1.02. The van der Waals surface area contributed by atoms with Crippen LogP contribution in [0.15, 0.2) is 42.1 Å². The number of H-pyrrole nitrogens is 1. The van der Waals surface area contributed by atoms with Crippen molar-refractivity contribution in [1.29, 1.82) is 0 Å². The van der Waals surface area contributed by atoms with Crippen molar-refractivity contribution in [3.8, 4) is 0 Å². The van der Waals surface area contributed by atoms with E-state index < -0.39 is 6.10 Å². The van der Waals surface area contributed by atoms with Crippen LogP contribution in [0.5, 0.6) is 0 Å². The van der Waals surface area contributed by atoms with Gasteiger partial charge in [-0.3, -0.25) is 4.90 Å². The minimum Gasteiger partial charge on any atom is -0.391 e. The highest BCUT2D eigenvalue weighted by Gasteiger charge is 2.20. The second-order valence-electron chi connectivity index (χ2n) is 6.22. The van der Waals surface area contributed by atoms with Crippen LogP contribution in [0.3, 0.4) is 0 Å². The summed E-state index contributed by atoms with van der Waals surface area (Å²) in [6, 6.07) is 5.99. The minimum atomic E-state index is -0.408. The molecule has 8 nitrogen and oxygen atoms in total. The molecule has 4 heterocycles. The maximum absolute atomic E-state index is 10.4. The zero-order valence-corrected chi connectivity index (χ0v) is 15.1. The molecule has 0 saturated carbocycles. The molecule has 0 bridgehead atoms. The van der Waals surface area contributed by atoms with E-state index in [1.807, 2.05) is 24.4 Å². The quantitative estimate of drug-likeness (QED) is 0.490. The summed E-state index contributed by atoms with van der Waals surface area (Å²) in [5.41, 5.74) is 1.48. The van der Waals surface area contributed by atoms with Crippen molar-refractivity contribution in [2.24, 2.45) is 0 Å². The third-order valence-corrected chi connectivity index (χ3v) is 5.55. The summed E-state index contributed by atoms with van der Waals surface area (Å²) in [6.45, 7) is 4.38. The number of aliphatic hydroxyl groups is 1. The molecule has 3 aromatic rings. The number of nitrogens with one attached hydrogen (secondary N) is 1. The topological polar surface area (TPSA) is 94.1 Å².